The van der Waals surface area contributed by atoms with Gasteiger partial charge in [0.1, 0.15) is 11.9 Å². The maximum absolute atomic E-state index is 12.2. The molecular formula is C24H30O5. The Morgan fingerprint density at radius 2 is 1.76 bits per heavy atom. The van der Waals surface area contributed by atoms with E-state index in [-0.39, 0.29) is 23.3 Å². The van der Waals surface area contributed by atoms with Crippen LogP contribution in [0.5, 0.6) is 5.75 Å². The summed E-state index contributed by atoms with van der Waals surface area (Å²) in [6.07, 6.45) is 6.13. The van der Waals surface area contributed by atoms with Crippen molar-refractivity contribution in [1.29, 1.82) is 0 Å². The smallest absolute Gasteiger partial charge is 0.308 e. The van der Waals surface area contributed by atoms with Gasteiger partial charge in [0.15, 0.2) is 5.78 Å². The molecule has 3 aliphatic carbocycles. The van der Waals surface area contributed by atoms with Crippen molar-refractivity contribution in [2.24, 2.45) is 17.3 Å². The Balaban J connectivity index is 1.67. The number of fused-ring (bicyclic) bond motifs is 5. The summed E-state index contributed by atoms with van der Waals surface area (Å²) < 4.78 is 11.0. The standard InChI is InChI=1S/C24H30O5/c1-13(25)19-12-20-16(11-22(19)28-14(2)26)5-6-18-17(20)9-10-24(4)21(18)7-8-23(24)29-15(3)27/h11-12,17-18,21,23H,5-10H2,1-4H3. The number of Topliss-reactive ketones (excluding diaryl/α,β-unsaturated/α-hetero) is 1. The number of benzene rings is 1. The molecule has 5 atom stereocenters. The van der Waals surface area contributed by atoms with Gasteiger partial charge in [0.25, 0.3) is 0 Å². The monoisotopic (exact) mass is 398 g/mol. The molecule has 0 amide bonds. The minimum Gasteiger partial charge on any atom is -0.462 e. The van der Waals surface area contributed by atoms with Crippen LogP contribution in [0.25, 0.3) is 0 Å². The SMILES string of the molecule is CC(=O)Oc1cc2c(cc1C(C)=O)C1CCC3(C)C(OC(C)=O)CCC3C1CC2. The molecule has 0 N–H and O–H groups in total. The Labute approximate surface area is 172 Å². The zero-order valence-electron chi connectivity index (χ0n) is 17.7. The second-order valence-electron chi connectivity index (χ2n) is 9.33. The normalized spacial score (nSPS) is 32.6. The number of ketones is 1. The van der Waals surface area contributed by atoms with Crippen LogP contribution in [0.4, 0.5) is 0 Å². The molecule has 0 aromatic heterocycles. The third kappa shape index (κ3) is 3.38. The van der Waals surface area contributed by atoms with Crippen molar-refractivity contribution in [3.63, 3.8) is 0 Å². The van der Waals surface area contributed by atoms with Crippen molar-refractivity contribution < 1.29 is 23.9 Å². The molecule has 5 nitrogen and oxygen atoms in total. The molecule has 2 saturated carbocycles. The van der Waals surface area contributed by atoms with Crippen molar-refractivity contribution in [2.75, 3.05) is 0 Å². The number of hydrogen-bond donors (Lipinski definition) is 0. The molecule has 4 rings (SSSR count). The van der Waals surface area contributed by atoms with Crippen molar-refractivity contribution in [1.82, 2.24) is 0 Å². The highest BCUT2D eigenvalue weighted by atomic mass is 16.5. The summed E-state index contributed by atoms with van der Waals surface area (Å²) in [6.45, 7) is 6.69. The molecule has 0 radical (unpaired) electrons. The molecule has 5 unspecified atom stereocenters. The van der Waals surface area contributed by atoms with Crippen LogP contribution in [0, 0.1) is 17.3 Å². The first-order valence-electron chi connectivity index (χ1n) is 10.7. The number of ether oxygens (including phenoxy) is 2. The van der Waals surface area contributed by atoms with Gasteiger partial charge in [-0.15, -0.1) is 0 Å². The third-order valence-electron chi connectivity index (χ3n) is 7.68. The maximum Gasteiger partial charge on any atom is 0.308 e. The first-order chi connectivity index (χ1) is 13.7. The second kappa shape index (κ2) is 7.26. The minimum absolute atomic E-state index is 0.0199. The van der Waals surface area contributed by atoms with Gasteiger partial charge in [-0.3, -0.25) is 14.4 Å². The van der Waals surface area contributed by atoms with Gasteiger partial charge in [0, 0.05) is 19.3 Å². The molecule has 0 spiro atoms. The average Bonchev–Trinajstić information content (AvgIpc) is 2.96. The molecule has 0 heterocycles. The summed E-state index contributed by atoms with van der Waals surface area (Å²) in [6, 6.07) is 3.89. The number of hydrogen-bond acceptors (Lipinski definition) is 5. The molecule has 1 aromatic rings. The van der Waals surface area contributed by atoms with Gasteiger partial charge >= 0.3 is 11.9 Å². The Kier molecular flexibility index (Phi) is 5.04. The largest absolute Gasteiger partial charge is 0.462 e. The van der Waals surface area contributed by atoms with E-state index in [4.69, 9.17) is 9.47 Å². The van der Waals surface area contributed by atoms with Crippen LogP contribution in [0.15, 0.2) is 12.1 Å². The zero-order valence-corrected chi connectivity index (χ0v) is 17.7. The highest BCUT2D eigenvalue weighted by Crippen LogP contribution is 2.61. The van der Waals surface area contributed by atoms with Crippen LogP contribution in [-0.2, 0) is 20.7 Å². The van der Waals surface area contributed by atoms with Crippen molar-refractivity contribution in [3.05, 3.63) is 28.8 Å². The topological polar surface area (TPSA) is 69.7 Å². The van der Waals surface area contributed by atoms with Gasteiger partial charge in [-0.25, -0.2) is 0 Å². The predicted molar refractivity (Wildman–Crippen MR) is 108 cm³/mol. The van der Waals surface area contributed by atoms with Crippen LogP contribution in [0.3, 0.4) is 0 Å². The van der Waals surface area contributed by atoms with Gasteiger partial charge in [-0.1, -0.05) is 6.92 Å². The minimum atomic E-state index is -0.406. The predicted octanol–water partition coefficient (Wildman–Crippen LogP) is 4.60. The van der Waals surface area contributed by atoms with E-state index in [2.05, 4.69) is 6.92 Å². The van der Waals surface area contributed by atoms with Gasteiger partial charge in [0.2, 0.25) is 0 Å². The zero-order chi connectivity index (χ0) is 20.9. The summed E-state index contributed by atoms with van der Waals surface area (Å²) in [4.78, 5) is 35.3. The quantitative estimate of drug-likeness (QED) is 0.423. The molecule has 1 aromatic carbocycles. The fourth-order valence-corrected chi connectivity index (χ4v) is 6.46. The second-order valence-corrected chi connectivity index (χ2v) is 9.33. The highest BCUT2D eigenvalue weighted by Gasteiger charge is 2.56. The van der Waals surface area contributed by atoms with Crippen LogP contribution >= 0.6 is 0 Å². The van der Waals surface area contributed by atoms with Gasteiger partial charge in [-0.2, -0.15) is 0 Å². The molecule has 29 heavy (non-hydrogen) atoms. The van der Waals surface area contributed by atoms with E-state index in [9.17, 15) is 14.4 Å². The van der Waals surface area contributed by atoms with Crippen molar-refractivity contribution in [2.45, 2.75) is 78.2 Å². The Hall–Kier alpha value is -2.17. The Morgan fingerprint density at radius 1 is 1.00 bits per heavy atom. The van der Waals surface area contributed by atoms with Crippen LogP contribution < -0.4 is 4.74 Å². The van der Waals surface area contributed by atoms with E-state index in [0.717, 1.165) is 38.5 Å². The number of rotatable bonds is 3. The first kappa shape index (κ1) is 20.1. The summed E-state index contributed by atoms with van der Waals surface area (Å²) >= 11 is 0. The van der Waals surface area contributed by atoms with Crippen molar-refractivity contribution in [3.8, 4) is 5.75 Å². The first-order valence-corrected chi connectivity index (χ1v) is 10.7. The number of aryl methyl sites for hydroxylation is 1. The van der Waals surface area contributed by atoms with Crippen LogP contribution in [0.2, 0.25) is 0 Å². The Morgan fingerprint density at radius 3 is 2.41 bits per heavy atom. The lowest BCUT2D eigenvalue weighted by molar-refractivity contribution is -0.154. The third-order valence-corrected chi connectivity index (χ3v) is 7.68. The highest BCUT2D eigenvalue weighted by molar-refractivity contribution is 5.98. The number of carbonyl (C=O) groups is 3. The molecule has 0 aliphatic heterocycles. The van der Waals surface area contributed by atoms with Gasteiger partial charge < -0.3 is 9.47 Å². The van der Waals surface area contributed by atoms with Crippen LogP contribution in [0.1, 0.15) is 87.2 Å². The molecule has 0 saturated heterocycles. The lowest BCUT2D eigenvalue weighted by Crippen LogP contribution is -2.45. The van der Waals surface area contributed by atoms with Gasteiger partial charge in [0.05, 0.1) is 5.56 Å². The summed E-state index contributed by atoms with van der Waals surface area (Å²) in [7, 11) is 0. The van der Waals surface area contributed by atoms with Gasteiger partial charge in [-0.05, 0) is 86.5 Å². The molecule has 3 aliphatic rings. The Bertz CT molecular complexity index is 872. The lowest BCUT2D eigenvalue weighted by atomic mass is 9.55. The molecule has 0 bridgehead atoms. The molecule has 156 valence electrons. The molecular weight excluding hydrogens is 368 g/mol. The fourth-order valence-electron chi connectivity index (χ4n) is 6.46. The number of esters is 2. The van der Waals surface area contributed by atoms with E-state index in [1.807, 2.05) is 12.1 Å². The fraction of sp³-hybridized carbons (Fsp3) is 0.625. The summed E-state index contributed by atoms with van der Waals surface area (Å²) in [5.41, 5.74) is 2.99. The van der Waals surface area contributed by atoms with E-state index < -0.39 is 5.97 Å². The number of carbonyl (C=O) groups excluding carboxylic acids is 3. The molecule has 2 fully saturated rings. The van der Waals surface area contributed by atoms with E-state index in [1.54, 1.807) is 0 Å². The van der Waals surface area contributed by atoms with E-state index in [1.165, 1.54) is 31.9 Å². The summed E-state index contributed by atoms with van der Waals surface area (Å²) in [5.74, 6) is 1.21. The van der Waals surface area contributed by atoms with Crippen LogP contribution in [-0.4, -0.2) is 23.8 Å². The van der Waals surface area contributed by atoms with Crippen molar-refractivity contribution >= 4 is 17.7 Å². The molecule has 5 heteroatoms. The maximum atomic E-state index is 12.2. The lowest BCUT2D eigenvalue weighted by Gasteiger charge is -2.50. The summed E-state index contributed by atoms with van der Waals surface area (Å²) in [5, 5.41) is 0. The van der Waals surface area contributed by atoms with E-state index >= 15 is 0 Å². The van der Waals surface area contributed by atoms with E-state index in [0.29, 0.717) is 29.1 Å². The average molecular weight is 398 g/mol.